The zero-order valence-corrected chi connectivity index (χ0v) is 8.25. The maximum absolute atomic E-state index is 11.3. The molecule has 1 saturated carbocycles. The summed E-state index contributed by atoms with van der Waals surface area (Å²) >= 11 is 0. The number of rotatable bonds is 0. The third kappa shape index (κ3) is 1.33. The van der Waals surface area contributed by atoms with Crippen LogP contribution in [-0.4, -0.2) is 24.5 Å². The number of hydrogen-bond donors (Lipinski definition) is 3. The second-order valence-corrected chi connectivity index (χ2v) is 4.84. The lowest BCUT2D eigenvalue weighted by Crippen LogP contribution is -2.52. The van der Waals surface area contributed by atoms with Crippen molar-refractivity contribution in [2.75, 3.05) is 6.54 Å². The molecule has 2 heterocycles. The molecule has 3 N–H and O–H groups in total. The van der Waals surface area contributed by atoms with Crippen LogP contribution in [0.25, 0.3) is 0 Å². The van der Waals surface area contributed by atoms with Gasteiger partial charge < -0.3 is 5.32 Å². The van der Waals surface area contributed by atoms with Gasteiger partial charge in [-0.05, 0) is 31.1 Å². The molecule has 4 atom stereocenters. The van der Waals surface area contributed by atoms with Gasteiger partial charge in [0.25, 0.3) is 0 Å². The first kappa shape index (κ1) is 8.68. The molecule has 0 aromatic rings. The van der Waals surface area contributed by atoms with Gasteiger partial charge in [0.05, 0.1) is 0 Å². The van der Waals surface area contributed by atoms with Crippen LogP contribution in [0.4, 0.5) is 0 Å². The van der Waals surface area contributed by atoms with E-state index in [4.69, 9.17) is 0 Å². The van der Waals surface area contributed by atoms with Crippen LogP contribution in [0, 0.1) is 11.8 Å². The molecule has 14 heavy (non-hydrogen) atoms. The van der Waals surface area contributed by atoms with E-state index in [1.54, 1.807) is 0 Å². The van der Waals surface area contributed by atoms with E-state index in [2.05, 4.69) is 16.2 Å². The predicted octanol–water partition coefficient (Wildman–Crippen LogP) is -0.232. The highest BCUT2D eigenvalue weighted by Crippen LogP contribution is 2.35. The van der Waals surface area contributed by atoms with Crippen molar-refractivity contribution in [3.05, 3.63) is 0 Å². The summed E-state index contributed by atoms with van der Waals surface area (Å²) in [5.74, 6) is 1.76. The van der Waals surface area contributed by atoms with Crippen LogP contribution in [0.5, 0.6) is 0 Å². The molecule has 2 saturated heterocycles. The van der Waals surface area contributed by atoms with E-state index in [-0.39, 0.29) is 5.91 Å². The monoisotopic (exact) mass is 195 g/mol. The Kier molecular flexibility index (Phi) is 1.99. The van der Waals surface area contributed by atoms with Crippen LogP contribution in [0.15, 0.2) is 0 Å². The summed E-state index contributed by atoms with van der Waals surface area (Å²) in [6.45, 7) is 1.10. The fraction of sp³-hybridized carbons (Fsp3) is 0.900. The van der Waals surface area contributed by atoms with Gasteiger partial charge in [-0.15, -0.1) is 0 Å². The summed E-state index contributed by atoms with van der Waals surface area (Å²) in [6, 6.07) is 1.01. The summed E-state index contributed by atoms with van der Waals surface area (Å²) in [5.41, 5.74) is 6.53. The Balaban J connectivity index is 1.72. The molecule has 78 valence electrons. The molecule has 3 aliphatic rings. The van der Waals surface area contributed by atoms with Crippen molar-refractivity contribution >= 4 is 5.91 Å². The summed E-state index contributed by atoms with van der Waals surface area (Å²) in [6.07, 6.45) is 4.21. The Morgan fingerprint density at radius 1 is 1.14 bits per heavy atom. The van der Waals surface area contributed by atoms with Gasteiger partial charge in [-0.2, -0.15) is 0 Å². The molecule has 4 heteroatoms. The number of fused-ring (bicyclic) bond motifs is 2. The number of carbonyl (C=O) groups excluding carboxylic acids is 1. The van der Waals surface area contributed by atoms with Gasteiger partial charge in [0.1, 0.15) is 0 Å². The predicted molar refractivity (Wildman–Crippen MR) is 52.3 cm³/mol. The number of amides is 1. The molecule has 3 rings (SSSR count). The van der Waals surface area contributed by atoms with E-state index in [0.717, 1.165) is 37.6 Å². The molecule has 1 amide bonds. The van der Waals surface area contributed by atoms with E-state index >= 15 is 0 Å². The molecule has 3 fully saturated rings. The number of nitrogens with one attached hydrogen (secondary N) is 3. The minimum Gasteiger partial charge on any atom is -0.353 e. The van der Waals surface area contributed by atoms with Crippen LogP contribution in [0.1, 0.15) is 25.7 Å². The molecule has 0 aromatic carbocycles. The Bertz CT molecular complexity index is 256. The van der Waals surface area contributed by atoms with Crippen molar-refractivity contribution in [2.24, 2.45) is 11.8 Å². The van der Waals surface area contributed by atoms with Crippen LogP contribution < -0.4 is 16.2 Å². The maximum Gasteiger partial charge on any atom is 0.220 e. The Morgan fingerprint density at radius 2 is 2.07 bits per heavy atom. The third-order valence-electron chi connectivity index (χ3n) is 3.99. The highest BCUT2D eigenvalue weighted by Gasteiger charge is 2.41. The Hall–Kier alpha value is -0.610. The zero-order valence-electron chi connectivity index (χ0n) is 8.25. The zero-order chi connectivity index (χ0) is 9.54. The number of carbonyl (C=O) groups is 1. The average Bonchev–Trinajstić information content (AvgIpc) is 2.61. The highest BCUT2D eigenvalue weighted by atomic mass is 16.1. The average molecular weight is 195 g/mol. The standard InChI is InChI=1S/C10H17N3O/c14-10-2-1-6-3-7-5-11-13-9(7)4-8(6)12-10/h6-9,11,13H,1-5H2,(H,12,14). The fourth-order valence-electron chi connectivity index (χ4n) is 3.19. The summed E-state index contributed by atoms with van der Waals surface area (Å²) in [4.78, 5) is 11.3. The molecule has 0 spiro atoms. The molecule has 4 unspecified atom stereocenters. The van der Waals surface area contributed by atoms with Crippen LogP contribution in [0.2, 0.25) is 0 Å². The number of hydrazine groups is 1. The largest absolute Gasteiger partial charge is 0.353 e. The third-order valence-corrected chi connectivity index (χ3v) is 3.99. The van der Waals surface area contributed by atoms with E-state index < -0.39 is 0 Å². The molecular formula is C10H17N3O. The lowest BCUT2D eigenvalue weighted by atomic mass is 9.72. The topological polar surface area (TPSA) is 53.2 Å². The lowest BCUT2D eigenvalue weighted by Gasteiger charge is -2.40. The van der Waals surface area contributed by atoms with Crippen molar-refractivity contribution in [3.63, 3.8) is 0 Å². The molecule has 0 bridgehead atoms. The minimum atomic E-state index is 0.246. The maximum atomic E-state index is 11.3. The normalized spacial score (nSPS) is 46.7. The summed E-state index contributed by atoms with van der Waals surface area (Å²) in [5, 5.41) is 3.12. The van der Waals surface area contributed by atoms with E-state index in [1.807, 2.05) is 0 Å². The van der Waals surface area contributed by atoms with Gasteiger partial charge >= 0.3 is 0 Å². The smallest absolute Gasteiger partial charge is 0.220 e. The highest BCUT2D eigenvalue weighted by molar-refractivity contribution is 5.77. The minimum absolute atomic E-state index is 0.246. The first-order valence-electron chi connectivity index (χ1n) is 5.60. The fourth-order valence-corrected chi connectivity index (χ4v) is 3.19. The van der Waals surface area contributed by atoms with E-state index in [1.165, 1.54) is 6.42 Å². The molecule has 4 nitrogen and oxygen atoms in total. The SMILES string of the molecule is O=C1CCC2CC3CNNC3CC2N1. The number of hydrogen-bond acceptors (Lipinski definition) is 3. The number of piperidine rings is 1. The van der Waals surface area contributed by atoms with Gasteiger partial charge in [0.2, 0.25) is 5.91 Å². The first-order chi connectivity index (χ1) is 6.83. The molecule has 0 aromatic heterocycles. The van der Waals surface area contributed by atoms with Crippen molar-refractivity contribution in [1.82, 2.24) is 16.2 Å². The quantitative estimate of drug-likeness (QED) is 0.500. The lowest BCUT2D eigenvalue weighted by molar-refractivity contribution is -0.125. The van der Waals surface area contributed by atoms with Crippen LogP contribution in [0.3, 0.4) is 0 Å². The van der Waals surface area contributed by atoms with Crippen molar-refractivity contribution in [3.8, 4) is 0 Å². The Labute approximate surface area is 83.8 Å². The second kappa shape index (κ2) is 3.21. The molecule has 2 aliphatic heterocycles. The first-order valence-corrected chi connectivity index (χ1v) is 5.60. The van der Waals surface area contributed by atoms with Crippen molar-refractivity contribution < 1.29 is 4.79 Å². The summed E-state index contributed by atoms with van der Waals surface area (Å²) < 4.78 is 0. The summed E-state index contributed by atoms with van der Waals surface area (Å²) in [7, 11) is 0. The van der Waals surface area contributed by atoms with Crippen molar-refractivity contribution in [1.29, 1.82) is 0 Å². The van der Waals surface area contributed by atoms with Crippen molar-refractivity contribution in [2.45, 2.75) is 37.8 Å². The molecule has 0 radical (unpaired) electrons. The van der Waals surface area contributed by atoms with Gasteiger partial charge in [-0.1, -0.05) is 0 Å². The second-order valence-electron chi connectivity index (χ2n) is 4.84. The van der Waals surface area contributed by atoms with Crippen LogP contribution in [-0.2, 0) is 4.79 Å². The van der Waals surface area contributed by atoms with Gasteiger partial charge in [0.15, 0.2) is 0 Å². The van der Waals surface area contributed by atoms with E-state index in [9.17, 15) is 4.79 Å². The van der Waals surface area contributed by atoms with Gasteiger partial charge in [0, 0.05) is 25.0 Å². The van der Waals surface area contributed by atoms with Crippen LogP contribution >= 0.6 is 0 Å². The molecule has 1 aliphatic carbocycles. The molecular weight excluding hydrogens is 178 g/mol. The van der Waals surface area contributed by atoms with E-state index in [0.29, 0.717) is 12.1 Å². The van der Waals surface area contributed by atoms with Gasteiger partial charge in [-0.3, -0.25) is 15.6 Å². The Morgan fingerprint density at radius 3 is 3.00 bits per heavy atom. The van der Waals surface area contributed by atoms with Gasteiger partial charge in [-0.25, -0.2) is 0 Å².